The summed E-state index contributed by atoms with van der Waals surface area (Å²) in [5.41, 5.74) is 2.87. The minimum Gasteiger partial charge on any atom is -0.492 e. The number of rotatable bonds is 9. The fourth-order valence-corrected chi connectivity index (χ4v) is 3.28. The zero-order valence-electron chi connectivity index (χ0n) is 14.8. The fourth-order valence-electron chi connectivity index (χ4n) is 2.52. The lowest BCUT2D eigenvalue weighted by molar-refractivity contribution is 0.171. The Kier molecular flexibility index (Phi) is 6.71. The van der Waals surface area contributed by atoms with Gasteiger partial charge in [0.25, 0.3) is 0 Å². The third-order valence-electron chi connectivity index (χ3n) is 3.94. The number of nitrogens with zero attached hydrogens (tertiary/aromatic N) is 2. The second-order valence-electron chi connectivity index (χ2n) is 5.86. The number of hydrogen-bond donors (Lipinski definition) is 2. The molecule has 2 heterocycles. The van der Waals surface area contributed by atoms with E-state index in [0.717, 1.165) is 34.0 Å². The average Bonchev–Trinajstić information content (AvgIpc) is 3.18. The first kappa shape index (κ1) is 18.5. The molecule has 0 fully saturated rings. The van der Waals surface area contributed by atoms with Gasteiger partial charge in [0.15, 0.2) is 0 Å². The van der Waals surface area contributed by atoms with E-state index >= 15 is 0 Å². The van der Waals surface area contributed by atoms with Crippen LogP contribution in [0.2, 0.25) is 0 Å². The van der Waals surface area contributed by atoms with Crippen molar-refractivity contribution in [1.82, 2.24) is 15.3 Å². The zero-order chi connectivity index (χ0) is 18.2. The largest absolute Gasteiger partial charge is 0.492 e. The molecule has 0 radical (unpaired) electrons. The molecule has 0 saturated carbocycles. The molecular formula is C20H23N3O2S. The second kappa shape index (κ2) is 9.43. The molecule has 2 N–H and O–H groups in total. The van der Waals surface area contributed by atoms with E-state index in [2.05, 4.69) is 27.6 Å². The lowest BCUT2D eigenvalue weighted by Crippen LogP contribution is -2.26. The standard InChI is InChI=1S/C20H23N3O2S/c1-2-20-23-18(14-26-20)15-5-3-7-17(11-15)25-10-9-22-13-19(24)16-6-4-8-21-12-16/h3-8,11-12,14,19,22,24H,2,9-10,13H2,1H3/t19-/m0/s1. The van der Waals surface area contributed by atoms with Crippen LogP contribution in [0.15, 0.2) is 54.2 Å². The number of thiazole rings is 1. The first-order chi connectivity index (χ1) is 12.8. The molecule has 2 aromatic heterocycles. The van der Waals surface area contributed by atoms with Crippen LogP contribution in [0, 0.1) is 0 Å². The summed E-state index contributed by atoms with van der Waals surface area (Å²) < 4.78 is 5.81. The van der Waals surface area contributed by atoms with Gasteiger partial charge in [-0.05, 0) is 24.6 Å². The van der Waals surface area contributed by atoms with E-state index in [0.29, 0.717) is 19.7 Å². The number of aryl methyl sites for hydroxylation is 1. The monoisotopic (exact) mass is 369 g/mol. The lowest BCUT2D eigenvalue weighted by Gasteiger charge is -2.12. The normalized spacial score (nSPS) is 12.1. The Morgan fingerprint density at radius 2 is 2.19 bits per heavy atom. The van der Waals surface area contributed by atoms with Gasteiger partial charge < -0.3 is 15.2 Å². The number of aliphatic hydroxyl groups is 1. The number of hydrogen-bond acceptors (Lipinski definition) is 6. The van der Waals surface area contributed by atoms with Crippen molar-refractivity contribution in [2.24, 2.45) is 0 Å². The van der Waals surface area contributed by atoms with Crippen molar-refractivity contribution in [3.05, 3.63) is 64.7 Å². The molecule has 0 bridgehead atoms. The molecule has 5 nitrogen and oxygen atoms in total. The minimum absolute atomic E-state index is 0.466. The predicted molar refractivity (Wildman–Crippen MR) is 104 cm³/mol. The van der Waals surface area contributed by atoms with E-state index in [1.54, 1.807) is 23.7 Å². The smallest absolute Gasteiger partial charge is 0.120 e. The van der Waals surface area contributed by atoms with Crippen LogP contribution in [0.4, 0.5) is 0 Å². The van der Waals surface area contributed by atoms with E-state index in [-0.39, 0.29) is 0 Å². The second-order valence-corrected chi connectivity index (χ2v) is 6.81. The quantitative estimate of drug-likeness (QED) is 0.565. The molecule has 0 saturated heterocycles. The summed E-state index contributed by atoms with van der Waals surface area (Å²) in [5.74, 6) is 0.822. The summed E-state index contributed by atoms with van der Waals surface area (Å²) in [6, 6.07) is 11.7. The van der Waals surface area contributed by atoms with Crippen molar-refractivity contribution in [1.29, 1.82) is 0 Å². The molecule has 0 aliphatic carbocycles. The Hall–Kier alpha value is -2.28. The average molecular weight is 369 g/mol. The van der Waals surface area contributed by atoms with Gasteiger partial charge in [-0.2, -0.15) is 0 Å². The van der Waals surface area contributed by atoms with Crippen LogP contribution in [0.3, 0.4) is 0 Å². The van der Waals surface area contributed by atoms with Crippen molar-refractivity contribution < 1.29 is 9.84 Å². The van der Waals surface area contributed by atoms with E-state index in [1.807, 2.05) is 36.4 Å². The van der Waals surface area contributed by atoms with Crippen molar-refractivity contribution in [3.8, 4) is 17.0 Å². The summed E-state index contributed by atoms with van der Waals surface area (Å²) in [7, 11) is 0. The van der Waals surface area contributed by atoms with Gasteiger partial charge in [0.2, 0.25) is 0 Å². The summed E-state index contributed by atoms with van der Waals surface area (Å²) in [6.07, 6.45) is 3.76. The number of pyridine rings is 1. The maximum Gasteiger partial charge on any atom is 0.120 e. The van der Waals surface area contributed by atoms with Crippen LogP contribution < -0.4 is 10.1 Å². The van der Waals surface area contributed by atoms with Crippen molar-refractivity contribution in [2.45, 2.75) is 19.4 Å². The van der Waals surface area contributed by atoms with Crippen LogP contribution >= 0.6 is 11.3 Å². The summed E-state index contributed by atoms with van der Waals surface area (Å²) in [6.45, 7) is 3.76. The number of benzene rings is 1. The van der Waals surface area contributed by atoms with Gasteiger partial charge in [0.05, 0.1) is 16.8 Å². The van der Waals surface area contributed by atoms with Crippen LogP contribution in [-0.2, 0) is 6.42 Å². The molecule has 0 spiro atoms. The zero-order valence-corrected chi connectivity index (χ0v) is 15.6. The van der Waals surface area contributed by atoms with Gasteiger partial charge in [-0.15, -0.1) is 11.3 Å². The lowest BCUT2D eigenvalue weighted by atomic mass is 10.1. The maximum absolute atomic E-state index is 10.1. The fraction of sp³-hybridized carbons (Fsp3) is 0.300. The third-order valence-corrected chi connectivity index (χ3v) is 4.93. The van der Waals surface area contributed by atoms with Gasteiger partial charge >= 0.3 is 0 Å². The molecule has 0 aliphatic rings. The number of nitrogens with one attached hydrogen (secondary N) is 1. The Morgan fingerprint density at radius 1 is 1.27 bits per heavy atom. The molecule has 1 aromatic carbocycles. The third kappa shape index (κ3) is 5.11. The summed E-state index contributed by atoms with van der Waals surface area (Å²) >= 11 is 1.69. The number of aliphatic hydroxyl groups excluding tert-OH is 1. The molecule has 6 heteroatoms. The highest BCUT2D eigenvalue weighted by molar-refractivity contribution is 7.09. The van der Waals surface area contributed by atoms with E-state index < -0.39 is 6.10 Å². The van der Waals surface area contributed by atoms with Gasteiger partial charge in [0.1, 0.15) is 12.4 Å². The highest BCUT2D eigenvalue weighted by Crippen LogP contribution is 2.25. The Bertz CT molecular complexity index is 808. The Balaban J connectivity index is 1.44. The van der Waals surface area contributed by atoms with Gasteiger partial charge in [-0.3, -0.25) is 4.98 Å². The molecule has 0 amide bonds. The minimum atomic E-state index is -0.565. The highest BCUT2D eigenvalue weighted by Gasteiger charge is 2.07. The van der Waals surface area contributed by atoms with Crippen LogP contribution in [0.25, 0.3) is 11.3 Å². The Labute approximate surface area is 157 Å². The highest BCUT2D eigenvalue weighted by atomic mass is 32.1. The molecule has 1 atom stereocenters. The van der Waals surface area contributed by atoms with Crippen molar-refractivity contribution >= 4 is 11.3 Å². The van der Waals surface area contributed by atoms with Gasteiger partial charge in [-0.1, -0.05) is 25.1 Å². The maximum atomic E-state index is 10.1. The molecular weight excluding hydrogens is 346 g/mol. The summed E-state index contributed by atoms with van der Waals surface area (Å²) in [5, 5.41) is 16.5. The molecule has 0 aliphatic heterocycles. The first-order valence-electron chi connectivity index (χ1n) is 8.72. The Morgan fingerprint density at radius 3 is 2.96 bits per heavy atom. The van der Waals surface area contributed by atoms with Crippen LogP contribution in [0.1, 0.15) is 23.6 Å². The van der Waals surface area contributed by atoms with E-state index in [9.17, 15) is 5.11 Å². The predicted octanol–water partition coefficient (Wildman–Crippen LogP) is 3.47. The van der Waals surface area contributed by atoms with Crippen molar-refractivity contribution in [3.63, 3.8) is 0 Å². The summed E-state index contributed by atoms with van der Waals surface area (Å²) in [4.78, 5) is 8.63. The van der Waals surface area contributed by atoms with Crippen LogP contribution in [0.5, 0.6) is 5.75 Å². The number of ether oxygens (including phenoxy) is 1. The topological polar surface area (TPSA) is 67.3 Å². The first-order valence-corrected chi connectivity index (χ1v) is 9.60. The van der Waals surface area contributed by atoms with Crippen LogP contribution in [-0.4, -0.2) is 34.8 Å². The van der Waals surface area contributed by atoms with Gasteiger partial charge in [-0.25, -0.2) is 4.98 Å². The molecule has 0 unspecified atom stereocenters. The van der Waals surface area contributed by atoms with Gasteiger partial charge in [0, 0.05) is 42.0 Å². The number of aromatic nitrogens is 2. The SMILES string of the molecule is CCc1nc(-c2cccc(OCCNC[C@H](O)c3cccnc3)c2)cs1. The molecule has 3 aromatic rings. The van der Waals surface area contributed by atoms with Crippen molar-refractivity contribution in [2.75, 3.05) is 19.7 Å². The molecule has 136 valence electrons. The van der Waals surface area contributed by atoms with E-state index in [1.165, 1.54) is 0 Å². The van der Waals surface area contributed by atoms with E-state index in [4.69, 9.17) is 4.74 Å². The molecule has 26 heavy (non-hydrogen) atoms. The molecule has 3 rings (SSSR count).